The molecule has 2 heterocycles. The van der Waals surface area contributed by atoms with Crippen molar-refractivity contribution in [2.75, 3.05) is 18.4 Å². The zero-order chi connectivity index (χ0) is 11.6. The number of aryl methyl sites for hydroxylation is 1. The molecule has 1 aliphatic heterocycles. The first-order chi connectivity index (χ1) is 7.60. The highest BCUT2D eigenvalue weighted by Crippen LogP contribution is 2.27. The average Bonchev–Trinajstić information content (AvgIpc) is 2.65. The van der Waals surface area contributed by atoms with Crippen molar-refractivity contribution < 1.29 is 4.79 Å². The van der Waals surface area contributed by atoms with Crippen molar-refractivity contribution in [3.05, 3.63) is 5.01 Å². The van der Waals surface area contributed by atoms with Crippen molar-refractivity contribution in [1.29, 1.82) is 0 Å². The molecule has 0 bridgehead atoms. The third kappa shape index (κ3) is 2.38. The summed E-state index contributed by atoms with van der Waals surface area (Å²) < 4.78 is 0. The van der Waals surface area contributed by atoms with E-state index >= 15 is 0 Å². The van der Waals surface area contributed by atoms with E-state index in [1.807, 2.05) is 13.8 Å². The van der Waals surface area contributed by atoms with Gasteiger partial charge in [-0.05, 0) is 33.2 Å². The highest BCUT2D eigenvalue weighted by atomic mass is 32.1. The number of amides is 1. The van der Waals surface area contributed by atoms with Gasteiger partial charge in [0.15, 0.2) is 0 Å². The monoisotopic (exact) mass is 240 g/mol. The number of carbonyl (C=O) groups excluding carboxylic acids is 1. The molecule has 0 spiro atoms. The van der Waals surface area contributed by atoms with Gasteiger partial charge in [0.05, 0.1) is 5.41 Å². The Morgan fingerprint density at radius 2 is 2.38 bits per heavy atom. The van der Waals surface area contributed by atoms with E-state index in [1.165, 1.54) is 11.3 Å². The lowest BCUT2D eigenvalue weighted by Crippen LogP contribution is -2.46. The van der Waals surface area contributed by atoms with Crippen molar-refractivity contribution in [2.45, 2.75) is 26.7 Å². The second-order valence-corrected chi connectivity index (χ2v) is 5.60. The summed E-state index contributed by atoms with van der Waals surface area (Å²) in [5.41, 5.74) is -0.322. The molecule has 0 saturated carbocycles. The number of aromatic nitrogens is 2. The predicted molar refractivity (Wildman–Crippen MR) is 63.5 cm³/mol. The average molecular weight is 240 g/mol. The second kappa shape index (κ2) is 4.47. The summed E-state index contributed by atoms with van der Waals surface area (Å²) in [5.74, 6) is 0.0378. The number of rotatable bonds is 2. The molecule has 0 aliphatic carbocycles. The molecule has 5 nitrogen and oxygen atoms in total. The van der Waals surface area contributed by atoms with Crippen molar-refractivity contribution in [3.63, 3.8) is 0 Å². The van der Waals surface area contributed by atoms with Crippen LogP contribution >= 0.6 is 11.3 Å². The van der Waals surface area contributed by atoms with Crippen molar-refractivity contribution >= 4 is 22.4 Å². The Labute approximate surface area is 98.7 Å². The first-order valence-electron chi connectivity index (χ1n) is 5.42. The van der Waals surface area contributed by atoms with Crippen LogP contribution in [0.5, 0.6) is 0 Å². The van der Waals surface area contributed by atoms with E-state index in [0.29, 0.717) is 5.13 Å². The Balaban J connectivity index is 2.01. The minimum Gasteiger partial charge on any atom is -0.316 e. The molecule has 1 unspecified atom stereocenters. The van der Waals surface area contributed by atoms with E-state index in [2.05, 4.69) is 20.8 Å². The Morgan fingerprint density at radius 1 is 1.56 bits per heavy atom. The van der Waals surface area contributed by atoms with Gasteiger partial charge in [0.1, 0.15) is 5.01 Å². The van der Waals surface area contributed by atoms with E-state index in [4.69, 9.17) is 0 Å². The van der Waals surface area contributed by atoms with Crippen LogP contribution in [0.2, 0.25) is 0 Å². The summed E-state index contributed by atoms with van der Waals surface area (Å²) in [6.45, 7) is 5.59. The van der Waals surface area contributed by atoms with Crippen LogP contribution in [0.25, 0.3) is 0 Å². The Kier molecular flexibility index (Phi) is 3.20. The fraction of sp³-hybridized carbons (Fsp3) is 0.700. The number of carbonyl (C=O) groups is 1. The van der Waals surface area contributed by atoms with E-state index in [0.717, 1.165) is 30.9 Å². The number of hydrogen-bond acceptors (Lipinski definition) is 5. The van der Waals surface area contributed by atoms with Gasteiger partial charge >= 0.3 is 0 Å². The standard InChI is InChI=1S/C10H16N4OS/c1-7-13-14-9(16-7)12-8(15)10(2)4-3-5-11-6-10/h11H,3-6H2,1-2H3,(H,12,14,15). The fourth-order valence-corrected chi connectivity index (χ4v) is 2.43. The van der Waals surface area contributed by atoms with Gasteiger partial charge in [-0.15, -0.1) is 10.2 Å². The molecule has 6 heteroatoms. The first-order valence-corrected chi connectivity index (χ1v) is 6.24. The number of piperidine rings is 1. The zero-order valence-corrected chi connectivity index (χ0v) is 10.4. The van der Waals surface area contributed by atoms with Crippen LogP contribution in [0.3, 0.4) is 0 Å². The third-order valence-corrected chi connectivity index (χ3v) is 3.65. The maximum Gasteiger partial charge on any atom is 0.233 e. The van der Waals surface area contributed by atoms with Gasteiger partial charge in [0.25, 0.3) is 0 Å². The summed E-state index contributed by atoms with van der Waals surface area (Å²) in [6, 6.07) is 0. The molecule has 1 aliphatic rings. The number of nitrogens with one attached hydrogen (secondary N) is 2. The largest absolute Gasteiger partial charge is 0.316 e. The number of hydrogen-bond donors (Lipinski definition) is 2. The quantitative estimate of drug-likeness (QED) is 0.814. The molecule has 1 aromatic rings. The van der Waals surface area contributed by atoms with Crippen molar-refractivity contribution in [3.8, 4) is 0 Å². The lowest BCUT2D eigenvalue weighted by Gasteiger charge is -2.32. The van der Waals surface area contributed by atoms with Crippen LogP contribution in [0.15, 0.2) is 0 Å². The topological polar surface area (TPSA) is 66.9 Å². The van der Waals surface area contributed by atoms with Gasteiger partial charge in [-0.25, -0.2) is 0 Å². The summed E-state index contributed by atoms with van der Waals surface area (Å²) in [7, 11) is 0. The summed E-state index contributed by atoms with van der Waals surface area (Å²) in [5, 5.41) is 15.3. The van der Waals surface area contributed by atoms with E-state index in [1.54, 1.807) is 0 Å². The number of anilines is 1. The van der Waals surface area contributed by atoms with Crippen LogP contribution in [-0.2, 0) is 4.79 Å². The van der Waals surface area contributed by atoms with Crippen LogP contribution in [0, 0.1) is 12.3 Å². The van der Waals surface area contributed by atoms with Crippen LogP contribution in [-0.4, -0.2) is 29.2 Å². The Hall–Kier alpha value is -1.01. The highest BCUT2D eigenvalue weighted by molar-refractivity contribution is 7.15. The maximum atomic E-state index is 12.1. The van der Waals surface area contributed by atoms with E-state index in [9.17, 15) is 4.79 Å². The molecule has 1 atom stereocenters. The molecular weight excluding hydrogens is 224 g/mol. The van der Waals surface area contributed by atoms with Crippen molar-refractivity contribution in [2.24, 2.45) is 5.41 Å². The molecule has 1 aromatic heterocycles. The SMILES string of the molecule is Cc1nnc(NC(=O)C2(C)CCCNC2)s1. The molecule has 16 heavy (non-hydrogen) atoms. The van der Waals surface area contributed by atoms with Gasteiger partial charge in [0, 0.05) is 6.54 Å². The lowest BCUT2D eigenvalue weighted by atomic mass is 9.82. The Morgan fingerprint density at radius 3 is 2.94 bits per heavy atom. The van der Waals surface area contributed by atoms with Gasteiger partial charge in [-0.3, -0.25) is 4.79 Å². The van der Waals surface area contributed by atoms with Gasteiger partial charge in [-0.2, -0.15) is 0 Å². The summed E-state index contributed by atoms with van der Waals surface area (Å²) in [6.07, 6.45) is 1.96. The van der Waals surface area contributed by atoms with Crippen molar-refractivity contribution in [1.82, 2.24) is 15.5 Å². The third-order valence-electron chi connectivity index (χ3n) is 2.89. The molecule has 1 saturated heterocycles. The maximum absolute atomic E-state index is 12.1. The normalized spacial score (nSPS) is 25.4. The lowest BCUT2D eigenvalue weighted by molar-refractivity contribution is -0.125. The minimum absolute atomic E-state index is 0.0378. The first kappa shape index (κ1) is 11.5. The number of nitrogens with zero attached hydrogens (tertiary/aromatic N) is 2. The molecule has 0 aromatic carbocycles. The van der Waals surface area contributed by atoms with Crippen LogP contribution in [0.4, 0.5) is 5.13 Å². The van der Waals surface area contributed by atoms with Gasteiger partial charge in [-0.1, -0.05) is 11.3 Å². The second-order valence-electron chi connectivity index (χ2n) is 4.42. The summed E-state index contributed by atoms with van der Waals surface area (Å²) in [4.78, 5) is 12.1. The van der Waals surface area contributed by atoms with Gasteiger partial charge < -0.3 is 10.6 Å². The molecule has 88 valence electrons. The van der Waals surface area contributed by atoms with E-state index in [-0.39, 0.29) is 11.3 Å². The smallest absolute Gasteiger partial charge is 0.233 e. The molecule has 0 radical (unpaired) electrons. The van der Waals surface area contributed by atoms with Crippen LogP contribution < -0.4 is 10.6 Å². The predicted octanol–water partition coefficient (Wildman–Crippen LogP) is 1.17. The molecular formula is C10H16N4OS. The highest BCUT2D eigenvalue weighted by Gasteiger charge is 2.35. The molecule has 2 N–H and O–H groups in total. The zero-order valence-electron chi connectivity index (χ0n) is 9.54. The molecule has 1 amide bonds. The van der Waals surface area contributed by atoms with E-state index < -0.39 is 0 Å². The fourth-order valence-electron chi connectivity index (χ4n) is 1.85. The Bertz CT molecular complexity index is 384. The molecule has 2 rings (SSSR count). The van der Waals surface area contributed by atoms with Crippen LogP contribution in [0.1, 0.15) is 24.8 Å². The summed E-state index contributed by atoms with van der Waals surface area (Å²) >= 11 is 1.40. The van der Waals surface area contributed by atoms with Gasteiger partial charge in [0.2, 0.25) is 11.0 Å². The molecule has 1 fully saturated rings. The minimum atomic E-state index is -0.322.